The molecule has 0 saturated heterocycles. The molecule has 1 heterocycles. The van der Waals surface area contributed by atoms with Crippen LogP contribution in [-0.2, 0) is 19.7 Å². The number of hydrogen-bond acceptors (Lipinski definition) is 3. The van der Waals surface area contributed by atoms with Crippen LogP contribution >= 0.6 is 31.9 Å². The monoisotopic (exact) mass is 477 g/mol. The number of H-pyrrole nitrogens is 1. The molecule has 1 aromatic carbocycles. The highest BCUT2D eigenvalue weighted by atomic mass is 79.9. The summed E-state index contributed by atoms with van der Waals surface area (Å²) in [5.41, 5.74) is 2.28. The second-order valence-corrected chi connectivity index (χ2v) is 8.13. The van der Waals surface area contributed by atoms with Crippen molar-refractivity contribution in [3.63, 3.8) is 0 Å². The van der Waals surface area contributed by atoms with E-state index in [1.807, 2.05) is 44.2 Å². The lowest BCUT2D eigenvalue weighted by molar-refractivity contribution is -0.116. The lowest BCUT2D eigenvalue weighted by Gasteiger charge is -2.24. The van der Waals surface area contributed by atoms with Gasteiger partial charge in [0.05, 0.1) is 17.2 Å². The van der Waals surface area contributed by atoms with Gasteiger partial charge in [0, 0.05) is 27.6 Å². The Kier molecular flexibility index (Phi) is 4.84. The summed E-state index contributed by atoms with van der Waals surface area (Å²) in [5, 5.41) is 0.867. The summed E-state index contributed by atoms with van der Waals surface area (Å²) < 4.78 is 5.41. The molecule has 4 nitrogen and oxygen atoms in total. The van der Waals surface area contributed by atoms with Gasteiger partial charge >= 0.3 is 0 Å². The molecule has 0 bridgehead atoms. The molecule has 26 heavy (non-hydrogen) atoms. The fraction of sp³-hybridized carbons (Fsp3) is 0.200. The third-order valence-electron chi connectivity index (χ3n) is 4.57. The summed E-state index contributed by atoms with van der Waals surface area (Å²) in [7, 11) is 1.37. The van der Waals surface area contributed by atoms with Gasteiger partial charge in [0.1, 0.15) is 4.48 Å². The lowest BCUT2D eigenvalue weighted by atomic mass is 9.82. The minimum absolute atomic E-state index is 0.00463. The molecule has 0 amide bonds. The predicted molar refractivity (Wildman–Crippen MR) is 110 cm³/mol. The van der Waals surface area contributed by atoms with Crippen LogP contribution in [0.2, 0.25) is 0 Å². The highest BCUT2D eigenvalue weighted by molar-refractivity contribution is 9.12. The van der Waals surface area contributed by atoms with Gasteiger partial charge in [0.15, 0.2) is 5.76 Å². The van der Waals surface area contributed by atoms with Crippen molar-refractivity contribution in [1.29, 1.82) is 0 Å². The van der Waals surface area contributed by atoms with Gasteiger partial charge in [0.2, 0.25) is 11.6 Å². The van der Waals surface area contributed by atoms with Crippen LogP contribution in [0.3, 0.4) is 0 Å². The maximum atomic E-state index is 13.1. The fourth-order valence-corrected chi connectivity index (χ4v) is 4.12. The number of benzene rings is 1. The molecule has 3 rings (SSSR count). The quantitative estimate of drug-likeness (QED) is 0.488. The van der Waals surface area contributed by atoms with E-state index in [-0.39, 0.29) is 26.3 Å². The highest BCUT2D eigenvalue weighted by Gasteiger charge is 2.38. The van der Waals surface area contributed by atoms with Crippen molar-refractivity contribution < 1.29 is 14.3 Å². The standard InChI is InChI=1S/C20H17Br2NO3/c1-5-20(2,3)19-12(10-8-6-7-9-11(10)23-19)13-14(21)17(25)18(26-4)15(22)16(13)24/h5-9,23H,1H2,2-4H3. The first-order valence-corrected chi connectivity index (χ1v) is 9.51. The molecule has 0 spiro atoms. The predicted octanol–water partition coefficient (Wildman–Crippen LogP) is 5.14. The van der Waals surface area contributed by atoms with E-state index in [2.05, 4.69) is 43.4 Å². The molecule has 0 fully saturated rings. The molecule has 0 aliphatic heterocycles. The second kappa shape index (κ2) is 6.67. The summed E-state index contributed by atoms with van der Waals surface area (Å²) in [6.07, 6.45) is 1.82. The summed E-state index contributed by atoms with van der Waals surface area (Å²) >= 11 is 6.56. The molecule has 0 saturated carbocycles. The average Bonchev–Trinajstić information content (AvgIpc) is 3.01. The van der Waals surface area contributed by atoms with E-state index in [4.69, 9.17) is 4.74 Å². The van der Waals surface area contributed by atoms with Crippen molar-refractivity contribution in [3.8, 4) is 0 Å². The van der Waals surface area contributed by atoms with Crippen molar-refractivity contribution in [2.45, 2.75) is 19.3 Å². The fourth-order valence-electron chi connectivity index (χ4n) is 3.02. The summed E-state index contributed by atoms with van der Waals surface area (Å²) in [5.74, 6) is -0.684. The van der Waals surface area contributed by atoms with Gasteiger partial charge in [-0.2, -0.15) is 0 Å². The smallest absolute Gasteiger partial charge is 0.236 e. The molecule has 0 atom stereocenters. The number of aromatic nitrogens is 1. The Balaban J connectivity index is 2.40. The third-order valence-corrected chi connectivity index (χ3v) is 6.04. The van der Waals surface area contributed by atoms with Crippen molar-refractivity contribution in [3.05, 3.63) is 62.9 Å². The third kappa shape index (κ3) is 2.72. The Hall–Kier alpha value is -1.92. The molecule has 0 unspecified atom stereocenters. The van der Waals surface area contributed by atoms with E-state index in [1.54, 1.807) is 0 Å². The summed E-state index contributed by atoms with van der Waals surface area (Å²) in [6.45, 7) is 7.93. The van der Waals surface area contributed by atoms with Crippen LogP contribution in [-0.4, -0.2) is 23.7 Å². The van der Waals surface area contributed by atoms with Crippen molar-refractivity contribution >= 4 is 59.9 Å². The summed E-state index contributed by atoms with van der Waals surface area (Å²) in [4.78, 5) is 29.2. The van der Waals surface area contributed by atoms with Crippen LogP contribution in [0.15, 0.2) is 51.6 Å². The van der Waals surface area contributed by atoms with Gasteiger partial charge in [-0.05, 0) is 37.9 Å². The molecule has 1 aliphatic carbocycles. The zero-order chi connectivity index (χ0) is 19.2. The molecule has 1 aromatic heterocycles. The Bertz CT molecular complexity index is 1020. The maximum Gasteiger partial charge on any atom is 0.236 e. The van der Waals surface area contributed by atoms with E-state index >= 15 is 0 Å². The number of ether oxygens (including phenoxy) is 1. The number of nitrogens with one attached hydrogen (secondary N) is 1. The number of ketones is 2. The SMILES string of the molecule is C=CC(C)(C)c1[nH]c2ccccc2c1C1=C(Br)C(=O)C(OC)=C(Br)C1=O. The number of para-hydroxylation sites is 1. The van der Waals surface area contributed by atoms with E-state index < -0.39 is 5.41 Å². The maximum absolute atomic E-state index is 13.1. The first-order chi connectivity index (χ1) is 12.2. The molecule has 1 aliphatic rings. The molecular formula is C20H17Br2NO3. The first kappa shape index (κ1) is 18.9. The number of hydrogen-bond donors (Lipinski definition) is 1. The number of Topliss-reactive ketones (excluding diaryl/α,β-unsaturated/α-hetero) is 2. The minimum Gasteiger partial charge on any atom is -0.491 e. The lowest BCUT2D eigenvalue weighted by Crippen LogP contribution is -2.22. The molecule has 1 N–H and O–H groups in total. The number of allylic oxidation sites excluding steroid dienone is 4. The number of methoxy groups -OCH3 is 1. The summed E-state index contributed by atoms with van der Waals surface area (Å²) in [6, 6.07) is 7.69. The molecule has 134 valence electrons. The van der Waals surface area contributed by atoms with E-state index in [0.717, 1.165) is 16.6 Å². The Labute approximate surface area is 168 Å². The van der Waals surface area contributed by atoms with Gasteiger partial charge in [-0.15, -0.1) is 6.58 Å². The number of carbonyl (C=O) groups excluding carboxylic acids is 2. The van der Waals surface area contributed by atoms with E-state index in [9.17, 15) is 9.59 Å². The Morgan fingerprint density at radius 3 is 2.38 bits per heavy atom. The number of fused-ring (bicyclic) bond motifs is 1. The van der Waals surface area contributed by atoms with Crippen LogP contribution in [0.1, 0.15) is 25.1 Å². The Morgan fingerprint density at radius 2 is 1.77 bits per heavy atom. The average molecular weight is 479 g/mol. The van der Waals surface area contributed by atoms with Crippen molar-refractivity contribution in [2.24, 2.45) is 0 Å². The number of aromatic amines is 1. The van der Waals surface area contributed by atoms with Crippen LogP contribution < -0.4 is 0 Å². The second-order valence-electron chi connectivity index (χ2n) is 6.54. The van der Waals surface area contributed by atoms with Gasteiger partial charge in [-0.3, -0.25) is 9.59 Å². The van der Waals surface area contributed by atoms with Crippen LogP contribution in [0, 0.1) is 0 Å². The molecule has 6 heteroatoms. The van der Waals surface area contributed by atoms with Crippen LogP contribution in [0.5, 0.6) is 0 Å². The number of halogens is 2. The zero-order valence-corrected chi connectivity index (χ0v) is 17.7. The number of carbonyl (C=O) groups is 2. The van der Waals surface area contributed by atoms with Gasteiger partial charge < -0.3 is 9.72 Å². The first-order valence-electron chi connectivity index (χ1n) is 7.92. The van der Waals surface area contributed by atoms with E-state index in [1.165, 1.54) is 7.11 Å². The number of rotatable bonds is 4. The van der Waals surface area contributed by atoms with Gasteiger partial charge in [0.25, 0.3) is 0 Å². The zero-order valence-electron chi connectivity index (χ0n) is 14.6. The largest absolute Gasteiger partial charge is 0.491 e. The Morgan fingerprint density at radius 1 is 1.12 bits per heavy atom. The van der Waals surface area contributed by atoms with Gasteiger partial charge in [-0.1, -0.05) is 38.1 Å². The van der Waals surface area contributed by atoms with Crippen molar-refractivity contribution in [1.82, 2.24) is 4.98 Å². The van der Waals surface area contributed by atoms with Crippen LogP contribution in [0.4, 0.5) is 0 Å². The minimum atomic E-state index is -0.435. The normalized spacial score (nSPS) is 15.9. The van der Waals surface area contributed by atoms with E-state index in [0.29, 0.717) is 11.1 Å². The molecular weight excluding hydrogens is 462 g/mol. The van der Waals surface area contributed by atoms with Crippen molar-refractivity contribution in [2.75, 3.05) is 7.11 Å². The molecule has 0 radical (unpaired) electrons. The topological polar surface area (TPSA) is 59.2 Å². The molecule has 2 aromatic rings. The highest BCUT2D eigenvalue weighted by Crippen LogP contribution is 2.43. The van der Waals surface area contributed by atoms with Crippen LogP contribution in [0.25, 0.3) is 16.5 Å². The van der Waals surface area contributed by atoms with Gasteiger partial charge in [-0.25, -0.2) is 0 Å².